The smallest absolute Gasteiger partial charge is 0.433 e. The summed E-state index contributed by atoms with van der Waals surface area (Å²) in [5, 5.41) is 5.80. The first-order valence-electron chi connectivity index (χ1n) is 7.19. The number of hydrogen-bond donors (Lipinski definition) is 1. The minimum Gasteiger partial charge on any atom is -0.433 e. The SMILES string of the molecule is Cc1c(Br)c(C(F)(F)F)nn1C(C)C(=O)Nc1ccccc1OC(F)F. The fourth-order valence-corrected chi connectivity index (χ4v) is 2.66. The zero-order valence-electron chi connectivity index (χ0n) is 13.4. The molecule has 0 radical (unpaired) electrons. The summed E-state index contributed by atoms with van der Waals surface area (Å²) in [6, 6.07) is 4.33. The van der Waals surface area contributed by atoms with Crippen LogP contribution >= 0.6 is 15.9 Å². The molecule has 0 aliphatic carbocycles. The number of nitrogens with zero attached hydrogens (tertiary/aromatic N) is 2. The van der Waals surface area contributed by atoms with Crippen LogP contribution in [0.4, 0.5) is 27.6 Å². The van der Waals surface area contributed by atoms with Crippen molar-refractivity contribution in [1.29, 1.82) is 0 Å². The Hall–Kier alpha value is -2.17. The van der Waals surface area contributed by atoms with Crippen LogP contribution in [0, 0.1) is 6.92 Å². The van der Waals surface area contributed by atoms with Crippen molar-refractivity contribution in [2.75, 3.05) is 5.32 Å². The highest BCUT2D eigenvalue weighted by atomic mass is 79.9. The van der Waals surface area contributed by atoms with E-state index in [1.807, 2.05) is 0 Å². The van der Waals surface area contributed by atoms with Gasteiger partial charge in [-0.05, 0) is 41.9 Å². The Morgan fingerprint density at radius 1 is 1.31 bits per heavy atom. The van der Waals surface area contributed by atoms with Crippen molar-refractivity contribution in [3.8, 4) is 5.75 Å². The Labute approximate surface area is 153 Å². The van der Waals surface area contributed by atoms with Gasteiger partial charge in [0.1, 0.15) is 11.8 Å². The van der Waals surface area contributed by atoms with E-state index < -0.39 is 30.4 Å². The molecule has 1 heterocycles. The third-order valence-electron chi connectivity index (χ3n) is 3.45. The number of alkyl halides is 5. The number of carbonyl (C=O) groups excluding carboxylic acids is 1. The van der Waals surface area contributed by atoms with Crippen LogP contribution in [0.5, 0.6) is 5.75 Å². The number of rotatable bonds is 5. The minimum atomic E-state index is -4.69. The van der Waals surface area contributed by atoms with Crippen LogP contribution < -0.4 is 10.1 Å². The number of hydrogen-bond acceptors (Lipinski definition) is 3. The summed E-state index contributed by atoms with van der Waals surface area (Å²) in [7, 11) is 0. The number of para-hydroxylation sites is 2. The summed E-state index contributed by atoms with van der Waals surface area (Å²) in [5.41, 5.74) is -1.10. The number of benzene rings is 1. The molecule has 5 nitrogen and oxygen atoms in total. The Kier molecular flexibility index (Phi) is 5.89. The van der Waals surface area contributed by atoms with Gasteiger partial charge in [-0.1, -0.05) is 12.1 Å². The van der Waals surface area contributed by atoms with Crippen molar-refractivity contribution < 1.29 is 31.5 Å². The largest absolute Gasteiger partial charge is 0.436 e. The second kappa shape index (κ2) is 7.60. The van der Waals surface area contributed by atoms with E-state index in [0.717, 1.165) is 4.68 Å². The van der Waals surface area contributed by atoms with Crippen LogP contribution in [0.1, 0.15) is 24.4 Å². The Morgan fingerprint density at radius 3 is 2.46 bits per heavy atom. The molecule has 0 aliphatic heterocycles. The average Bonchev–Trinajstić information content (AvgIpc) is 2.84. The number of anilines is 1. The van der Waals surface area contributed by atoms with Gasteiger partial charge in [0, 0.05) is 0 Å². The van der Waals surface area contributed by atoms with E-state index in [9.17, 15) is 26.7 Å². The van der Waals surface area contributed by atoms with E-state index in [2.05, 4.69) is 31.1 Å². The van der Waals surface area contributed by atoms with Crippen molar-refractivity contribution in [3.05, 3.63) is 40.1 Å². The van der Waals surface area contributed by atoms with Crippen molar-refractivity contribution in [1.82, 2.24) is 9.78 Å². The van der Waals surface area contributed by atoms with E-state index in [-0.39, 0.29) is 21.6 Å². The Morgan fingerprint density at radius 2 is 1.92 bits per heavy atom. The number of carbonyl (C=O) groups is 1. The molecule has 1 aromatic heterocycles. The van der Waals surface area contributed by atoms with Crippen LogP contribution in [-0.2, 0) is 11.0 Å². The molecule has 142 valence electrons. The normalized spacial score (nSPS) is 13.0. The van der Waals surface area contributed by atoms with Crippen LogP contribution in [-0.4, -0.2) is 22.3 Å². The molecule has 0 aliphatic rings. The zero-order chi connectivity index (χ0) is 19.6. The molecule has 0 fully saturated rings. The Bertz CT molecular complexity index is 807. The molecule has 0 saturated carbocycles. The average molecular weight is 442 g/mol. The molecule has 1 amide bonds. The van der Waals surface area contributed by atoms with Crippen LogP contribution in [0.15, 0.2) is 28.7 Å². The molecular weight excluding hydrogens is 429 g/mol. The molecule has 1 N–H and O–H groups in total. The standard InChI is InChI=1S/C15H13BrF5N3O2/c1-7-11(16)12(15(19,20)21)23-24(7)8(2)13(25)22-9-5-3-4-6-10(9)26-14(17)18/h3-6,8,14H,1-2H3,(H,22,25). The first-order valence-corrected chi connectivity index (χ1v) is 7.98. The highest BCUT2D eigenvalue weighted by molar-refractivity contribution is 9.10. The first kappa shape index (κ1) is 20.1. The van der Waals surface area contributed by atoms with Gasteiger partial charge in [-0.2, -0.15) is 27.1 Å². The van der Waals surface area contributed by atoms with Crippen LogP contribution in [0.2, 0.25) is 0 Å². The maximum Gasteiger partial charge on any atom is 0.436 e. The fraction of sp³-hybridized carbons (Fsp3) is 0.333. The number of ether oxygens (including phenoxy) is 1. The predicted octanol–water partition coefficient (Wildman–Crippen LogP) is 4.77. The van der Waals surface area contributed by atoms with Gasteiger partial charge < -0.3 is 10.1 Å². The maximum atomic E-state index is 12.9. The van der Waals surface area contributed by atoms with Gasteiger partial charge in [0.2, 0.25) is 5.91 Å². The monoisotopic (exact) mass is 441 g/mol. The van der Waals surface area contributed by atoms with Crippen molar-refractivity contribution in [2.45, 2.75) is 32.7 Å². The third kappa shape index (κ3) is 4.32. The van der Waals surface area contributed by atoms with Gasteiger partial charge in [0.25, 0.3) is 0 Å². The van der Waals surface area contributed by atoms with E-state index in [1.165, 1.54) is 38.1 Å². The summed E-state index contributed by atoms with van der Waals surface area (Å²) in [6.07, 6.45) is -4.69. The molecular formula is C15H13BrF5N3O2. The van der Waals surface area contributed by atoms with E-state index >= 15 is 0 Å². The molecule has 2 aromatic rings. The van der Waals surface area contributed by atoms with Crippen molar-refractivity contribution >= 4 is 27.5 Å². The number of amides is 1. The summed E-state index contributed by atoms with van der Waals surface area (Å²) in [6.45, 7) is -0.397. The highest BCUT2D eigenvalue weighted by Gasteiger charge is 2.39. The molecule has 2 rings (SSSR count). The molecule has 0 saturated heterocycles. The fourth-order valence-electron chi connectivity index (χ4n) is 2.17. The van der Waals surface area contributed by atoms with E-state index in [0.29, 0.717) is 0 Å². The van der Waals surface area contributed by atoms with Gasteiger partial charge in [0.05, 0.1) is 15.9 Å². The summed E-state index contributed by atoms with van der Waals surface area (Å²) >= 11 is 2.82. The number of halogens is 6. The first-order chi connectivity index (χ1) is 12.0. The molecule has 0 bridgehead atoms. The van der Waals surface area contributed by atoms with Crippen LogP contribution in [0.3, 0.4) is 0 Å². The number of nitrogens with one attached hydrogen (secondary N) is 1. The summed E-state index contributed by atoms with van der Waals surface area (Å²) in [5.74, 6) is -1.01. The minimum absolute atomic E-state index is 0.0374. The second-order valence-corrected chi connectivity index (χ2v) is 6.02. The lowest BCUT2D eigenvalue weighted by Gasteiger charge is -2.16. The molecule has 11 heteroatoms. The van der Waals surface area contributed by atoms with Gasteiger partial charge in [-0.25, -0.2) is 0 Å². The zero-order valence-corrected chi connectivity index (χ0v) is 15.0. The lowest BCUT2D eigenvalue weighted by atomic mass is 10.2. The van der Waals surface area contributed by atoms with Gasteiger partial charge >= 0.3 is 12.8 Å². The van der Waals surface area contributed by atoms with E-state index in [4.69, 9.17) is 0 Å². The predicted molar refractivity (Wildman–Crippen MR) is 86.1 cm³/mol. The third-order valence-corrected chi connectivity index (χ3v) is 4.40. The highest BCUT2D eigenvalue weighted by Crippen LogP contribution is 2.36. The van der Waals surface area contributed by atoms with Gasteiger partial charge in [0.15, 0.2) is 5.69 Å². The lowest BCUT2D eigenvalue weighted by Crippen LogP contribution is -2.26. The molecule has 1 aromatic carbocycles. The number of aromatic nitrogens is 2. The molecule has 26 heavy (non-hydrogen) atoms. The summed E-state index contributed by atoms with van der Waals surface area (Å²) in [4.78, 5) is 12.4. The quantitative estimate of drug-likeness (QED) is 0.679. The molecule has 1 unspecified atom stereocenters. The Balaban J connectivity index is 2.27. The second-order valence-electron chi connectivity index (χ2n) is 5.23. The van der Waals surface area contributed by atoms with E-state index in [1.54, 1.807) is 0 Å². The topological polar surface area (TPSA) is 56.2 Å². The summed E-state index contributed by atoms with van der Waals surface area (Å²) < 4.78 is 68.6. The van der Waals surface area contributed by atoms with Crippen molar-refractivity contribution in [3.63, 3.8) is 0 Å². The molecule has 0 spiro atoms. The van der Waals surface area contributed by atoms with Gasteiger partial charge in [-0.3, -0.25) is 9.48 Å². The molecule has 1 atom stereocenters. The van der Waals surface area contributed by atoms with Crippen LogP contribution in [0.25, 0.3) is 0 Å². The lowest BCUT2D eigenvalue weighted by molar-refractivity contribution is -0.142. The van der Waals surface area contributed by atoms with Crippen molar-refractivity contribution in [2.24, 2.45) is 0 Å². The van der Waals surface area contributed by atoms with Gasteiger partial charge in [-0.15, -0.1) is 0 Å². The maximum absolute atomic E-state index is 12.9.